The fourth-order valence-corrected chi connectivity index (χ4v) is 2.22. The maximum absolute atomic E-state index is 11.6. The van der Waals surface area contributed by atoms with Crippen molar-refractivity contribution in [1.29, 1.82) is 0 Å². The number of methoxy groups -OCH3 is 1. The van der Waals surface area contributed by atoms with Crippen molar-refractivity contribution in [3.05, 3.63) is 29.3 Å². The lowest BCUT2D eigenvalue weighted by atomic mass is 9.82. The summed E-state index contributed by atoms with van der Waals surface area (Å²) in [5, 5.41) is 0. The summed E-state index contributed by atoms with van der Waals surface area (Å²) in [7, 11) is 1.44. The molecular formula is C12H15NO2. The van der Waals surface area contributed by atoms with Gasteiger partial charge in [-0.15, -0.1) is 0 Å². The fraction of sp³-hybridized carbons (Fsp3) is 0.417. The minimum absolute atomic E-state index is 0.0978. The summed E-state index contributed by atoms with van der Waals surface area (Å²) in [6.45, 7) is 0. The molecule has 1 aromatic carbocycles. The maximum Gasteiger partial charge on any atom is 0.313 e. The fourth-order valence-electron chi connectivity index (χ4n) is 2.22. The normalized spacial score (nSPS) is 19.4. The predicted octanol–water partition coefficient (Wildman–Crippen LogP) is 1.86. The van der Waals surface area contributed by atoms with Crippen molar-refractivity contribution in [2.45, 2.75) is 25.2 Å². The highest BCUT2D eigenvalue weighted by molar-refractivity contribution is 5.79. The van der Waals surface area contributed by atoms with Crippen LogP contribution < -0.4 is 5.73 Å². The van der Waals surface area contributed by atoms with Crippen LogP contribution in [0, 0.1) is 0 Å². The van der Waals surface area contributed by atoms with Crippen molar-refractivity contribution in [2.75, 3.05) is 12.8 Å². The molecule has 0 aromatic heterocycles. The lowest BCUT2D eigenvalue weighted by molar-refractivity contribution is -0.142. The number of esters is 1. The molecule has 1 unspecified atom stereocenters. The van der Waals surface area contributed by atoms with Gasteiger partial charge in [-0.3, -0.25) is 4.79 Å². The van der Waals surface area contributed by atoms with Crippen molar-refractivity contribution < 1.29 is 9.53 Å². The zero-order valence-electron chi connectivity index (χ0n) is 8.82. The Morgan fingerprint density at radius 1 is 1.53 bits per heavy atom. The third-order valence-corrected chi connectivity index (χ3v) is 2.97. The van der Waals surface area contributed by atoms with Gasteiger partial charge in [0.25, 0.3) is 0 Å². The standard InChI is InChI=1S/C12H15NO2/c1-15-12(14)11-4-2-3-8-7-9(13)5-6-10(8)11/h5-7,11H,2-4,13H2,1H3. The molecule has 3 heteroatoms. The zero-order chi connectivity index (χ0) is 10.8. The average Bonchev–Trinajstić information content (AvgIpc) is 2.26. The second-order valence-corrected chi connectivity index (χ2v) is 3.93. The number of benzene rings is 1. The van der Waals surface area contributed by atoms with E-state index in [0.29, 0.717) is 0 Å². The van der Waals surface area contributed by atoms with Crippen LogP contribution in [0.5, 0.6) is 0 Å². The summed E-state index contributed by atoms with van der Waals surface area (Å²) in [5.41, 5.74) is 8.76. The van der Waals surface area contributed by atoms with Gasteiger partial charge < -0.3 is 10.5 Å². The molecule has 0 radical (unpaired) electrons. The van der Waals surface area contributed by atoms with Crippen LogP contribution in [0.25, 0.3) is 0 Å². The topological polar surface area (TPSA) is 52.3 Å². The molecule has 15 heavy (non-hydrogen) atoms. The van der Waals surface area contributed by atoms with Gasteiger partial charge in [-0.05, 0) is 42.5 Å². The molecule has 0 saturated carbocycles. The molecule has 80 valence electrons. The van der Waals surface area contributed by atoms with Gasteiger partial charge in [0.05, 0.1) is 13.0 Å². The van der Waals surface area contributed by atoms with Crippen LogP contribution in [0.15, 0.2) is 18.2 Å². The Morgan fingerprint density at radius 2 is 2.33 bits per heavy atom. The molecule has 1 aromatic rings. The molecule has 1 aliphatic carbocycles. The number of anilines is 1. The van der Waals surface area contributed by atoms with Crippen LogP contribution in [-0.4, -0.2) is 13.1 Å². The van der Waals surface area contributed by atoms with E-state index in [9.17, 15) is 4.79 Å². The number of hydrogen-bond acceptors (Lipinski definition) is 3. The second-order valence-electron chi connectivity index (χ2n) is 3.93. The first kappa shape index (κ1) is 10.0. The summed E-state index contributed by atoms with van der Waals surface area (Å²) in [6.07, 6.45) is 2.91. The Bertz CT molecular complexity index is 387. The third kappa shape index (κ3) is 1.82. The van der Waals surface area contributed by atoms with Gasteiger partial charge in [0.2, 0.25) is 0 Å². The van der Waals surface area contributed by atoms with Crippen molar-refractivity contribution in [3.63, 3.8) is 0 Å². The van der Waals surface area contributed by atoms with E-state index in [1.165, 1.54) is 12.7 Å². The number of carbonyl (C=O) groups is 1. The van der Waals surface area contributed by atoms with E-state index in [4.69, 9.17) is 10.5 Å². The quantitative estimate of drug-likeness (QED) is 0.562. The van der Waals surface area contributed by atoms with Crippen LogP contribution in [-0.2, 0) is 16.0 Å². The second kappa shape index (κ2) is 3.93. The molecular weight excluding hydrogens is 190 g/mol. The van der Waals surface area contributed by atoms with Crippen LogP contribution in [0.2, 0.25) is 0 Å². The molecule has 1 aliphatic rings. The Hall–Kier alpha value is -1.51. The van der Waals surface area contributed by atoms with Gasteiger partial charge in [-0.25, -0.2) is 0 Å². The van der Waals surface area contributed by atoms with Crippen molar-refractivity contribution >= 4 is 11.7 Å². The maximum atomic E-state index is 11.6. The van der Waals surface area contributed by atoms with E-state index >= 15 is 0 Å². The Labute approximate surface area is 89.2 Å². The van der Waals surface area contributed by atoms with Gasteiger partial charge in [0.15, 0.2) is 0 Å². The van der Waals surface area contributed by atoms with Gasteiger partial charge >= 0.3 is 5.97 Å². The summed E-state index contributed by atoms with van der Waals surface area (Å²) >= 11 is 0. The van der Waals surface area contributed by atoms with Gasteiger partial charge in [0.1, 0.15) is 0 Å². The number of fused-ring (bicyclic) bond motifs is 1. The van der Waals surface area contributed by atoms with Crippen molar-refractivity contribution in [2.24, 2.45) is 0 Å². The largest absolute Gasteiger partial charge is 0.469 e. The van der Waals surface area contributed by atoms with Crippen LogP contribution in [0.1, 0.15) is 29.9 Å². The highest BCUT2D eigenvalue weighted by Crippen LogP contribution is 2.33. The first-order valence-corrected chi connectivity index (χ1v) is 5.18. The summed E-state index contributed by atoms with van der Waals surface area (Å²) in [4.78, 5) is 11.6. The minimum Gasteiger partial charge on any atom is -0.469 e. The first-order valence-electron chi connectivity index (χ1n) is 5.18. The Kier molecular flexibility index (Phi) is 2.62. The molecule has 0 heterocycles. The molecule has 2 N–H and O–H groups in total. The molecule has 2 rings (SSSR count). The average molecular weight is 205 g/mol. The molecule has 0 fully saturated rings. The van der Waals surface area contributed by atoms with E-state index in [-0.39, 0.29) is 11.9 Å². The monoisotopic (exact) mass is 205 g/mol. The lowest BCUT2D eigenvalue weighted by Crippen LogP contribution is -2.19. The van der Waals surface area contributed by atoms with Crippen LogP contribution >= 0.6 is 0 Å². The molecule has 0 bridgehead atoms. The number of ether oxygens (including phenoxy) is 1. The van der Waals surface area contributed by atoms with E-state index in [2.05, 4.69) is 0 Å². The predicted molar refractivity (Wildman–Crippen MR) is 58.5 cm³/mol. The van der Waals surface area contributed by atoms with Gasteiger partial charge in [-0.2, -0.15) is 0 Å². The molecule has 0 amide bonds. The summed E-state index contributed by atoms with van der Waals surface area (Å²) in [5.74, 6) is -0.236. The number of rotatable bonds is 1. The lowest BCUT2D eigenvalue weighted by Gasteiger charge is -2.23. The smallest absolute Gasteiger partial charge is 0.313 e. The van der Waals surface area contributed by atoms with Crippen LogP contribution in [0.4, 0.5) is 5.69 Å². The van der Waals surface area contributed by atoms with E-state index < -0.39 is 0 Å². The summed E-state index contributed by atoms with van der Waals surface area (Å²) in [6, 6.07) is 5.76. The van der Waals surface area contributed by atoms with Gasteiger partial charge in [-0.1, -0.05) is 6.07 Å². The third-order valence-electron chi connectivity index (χ3n) is 2.97. The highest BCUT2D eigenvalue weighted by atomic mass is 16.5. The van der Waals surface area contributed by atoms with Gasteiger partial charge in [0, 0.05) is 5.69 Å². The zero-order valence-corrected chi connectivity index (χ0v) is 8.82. The number of carbonyl (C=O) groups excluding carboxylic acids is 1. The molecule has 1 atom stereocenters. The molecule has 0 spiro atoms. The van der Waals surface area contributed by atoms with E-state index in [0.717, 1.165) is 30.5 Å². The summed E-state index contributed by atoms with van der Waals surface area (Å²) < 4.78 is 4.81. The van der Waals surface area contributed by atoms with Crippen molar-refractivity contribution in [1.82, 2.24) is 0 Å². The number of aryl methyl sites for hydroxylation is 1. The van der Waals surface area contributed by atoms with Crippen molar-refractivity contribution in [3.8, 4) is 0 Å². The SMILES string of the molecule is COC(=O)C1CCCc2cc(N)ccc21. The van der Waals surface area contributed by atoms with Crippen LogP contribution in [0.3, 0.4) is 0 Å². The molecule has 3 nitrogen and oxygen atoms in total. The first-order chi connectivity index (χ1) is 7.22. The minimum atomic E-state index is -0.138. The molecule has 0 saturated heterocycles. The molecule has 0 aliphatic heterocycles. The number of hydrogen-bond donors (Lipinski definition) is 1. The van der Waals surface area contributed by atoms with E-state index in [1.807, 2.05) is 18.2 Å². The number of nitrogens with two attached hydrogens (primary N) is 1. The Morgan fingerprint density at radius 3 is 3.07 bits per heavy atom. The Balaban J connectivity index is 2.38. The highest BCUT2D eigenvalue weighted by Gasteiger charge is 2.26. The van der Waals surface area contributed by atoms with E-state index in [1.54, 1.807) is 0 Å². The number of nitrogen functional groups attached to an aromatic ring is 1.